The van der Waals surface area contributed by atoms with Crippen LogP contribution in [0.25, 0.3) is 0 Å². The number of nitrogens with one attached hydrogen (secondary N) is 1. The van der Waals surface area contributed by atoms with Crippen LogP contribution in [0.3, 0.4) is 0 Å². The van der Waals surface area contributed by atoms with Crippen molar-refractivity contribution in [1.82, 2.24) is 5.32 Å². The van der Waals surface area contributed by atoms with Crippen LogP contribution in [0.4, 0.5) is 0 Å². The van der Waals surface area contributed by atoms with Gasteiger partial charge in [-0.2, -0.15) is 0 Å². The molecule has 56 valence electrons. The molecule has 0 aliphatic carbocycles. The van der Waals surface area contributed by atoms with Gasteiger partial charge in [0.2, 0.25) is 0 Å². The minimum atomic E-state index is 0.275. The van der Waals surface area contributed by atoms with Gasteiger partial charge in [-0.05, 0) is 6.92 Å². The molecule has 2 nitrogen and oxygen atoms in total. The van der Waals surface area contributed by atoms with Gasteiger partial charge in [0.1, 0.15) is 5.78 Å². The summed E-state index contributed by atoms with van der Waals surface area (Å²) >= 11 is 0. The van der Waals surface area contributed by atoms with E-state index in [1.807, 2.05) is 6.92 Å². The van der Waals surface area contributed by atoms with Crippen LogP contribution in [0.2, 0.25) is 0 Å². The van der Waals surface area contributed by atoms with Crippen LogP contribution in [0.1, 0.15) is 13.3 Å². The molecule has 0 amide bonds. The highest BCUT2D eigenvalue weighted by atomic mass is 16.1. The van der Waals surface area contributed by atoms with Crippen LogP contribution in [0.5, 0.6) is 0 Å². The number of carbonyl (C=O) groups is 1. The molecule has 1 N–H and O–H groups in total. The maximum atomic E-state index is 11.1. The van der Waals surface area contributed by atoms with Crippen LogP contribution in [-0.4, -0.2) is 18.9 Å². The van der Waals surface area contributed by atoms with E-state index < -0.39 is 0 Å². The van der Waals surface area contributed by atoms with Crippen molar-refractivity contribution in [1.29, 1.82) is 0 Å². The van der Waals surface area contributed by atoms with E-state index in [4.69, 9.17) is 0 Å². The van der Waals surface area contributed by atoms with E-state index in [0.29, 0.717) is 12.2 Å². The molecule has 0 bridgehead atoms. The Hall–Kier alpha value is -0.630. The molecular formula is C8H13NO. The summed E-state index contributed by atoms with van der Waals surface area (Å²) in [5.74, 6) is 0.614. The lowest BCUT2D eigenvalue weighted by atomic mass is 9.94. The van der Waals surface area contributed by atoms with Crippen LogP contribution < -0.4 is 5.32 Å². The fourth-order valence-corrected chi connectivity index (χ4v) is 0.958. The van der Waals surface area contributed by atoms with E-state index in [1.54, 1.807) is 0 Å². The quantitative estimate of drug-likeness (QED) is 0.584. The molecule has 0 spiro atoms. The highest BCUT2D eigenvalue weighted by Crippen LogP contribution is 2.09. The average molecular weight is 139 g/mol. The number of allylic oxidation sites excluding steroid dienone is 1. The van der Waals surface area contributed by atoms with Gasteiger partial charge in [0.05, 0.1) is 0 Å². The van der Waals surface area contributed by atoms with E-state index >= 15 is 0 Å². The number of Topliss-reactive ketones (excluding diaryl/α,β-unsaturated/α-hetero) is 1. The molecule has 1 aliphatic heterocycles. The van der Waals surface area contributed by atoms with Gasteiger partial charge < -0.3 is 5.32 Å². The second kappa shape index (κ2) is 2.97. The Morgan fingerprint density at radius 3 is 2.60 bits per heavy atom. The molecular weight excluding hydrogens is 126 g/mol. The molecule has 1 rings (SSSR count). The average Bonchev–Trinajstić information content (AvgIpc) is 1.55. The molecule has 0 radical (unpaired) electrons. The summed E-state index contributed by atoms with van der Waals surface area (Å²) in [6.45, 7) is 7.32. The zero-order valence-corrected chi connectivity index (χ0v) is 6.31. The fraction of sp³-hybridized carbons (Fsp3) is 0.625. The van der Waals surface area contributed by atoms with Gasteiger partial charge in [-0.3, -0.25) is 4.79 Å². The number of hydrogen-bond acceptors (Lipinski definition) is 2. The molecule has 1 heterocycles. The lowest BCUT2D eigenvalue weighted by Gasteiger charge is -2.25. The normalized spacial score (nSPS) is 18.1. The second-order valence-corrected chi connectivity index (χ2v) is 2.96. The third kappa shape index (κ3) is 1.67. The Labute approximate surface area is 61.3 Å². The first kappa shape index (κ1) is 7.48. The lowest BCUT2D eigenvalue weighted by Crippen LogP contribution is -2.46. The summed E-state index contributed by atoms with van der Waals surface area (Å²) in [5.41, 5.74) is 0.969. The zero-order valence-electron chi connectivity index (χ0n) is 6.31. The number of ketones is 1. The van der Waals surface area contributed by atoms with E-state index in [-0.39, 0.29) is 5.92 Å². The van der Waals surface area contributed by atoms with Crippen molar-refractivity contribution < 1.29 is 4.79 Å². The Balaban J connectivity index is 2.27. The molecule has 0 unspecified atom stereocenters. The van der Waals surface area contributed by atoms with Crippen molar-refractivity contribution in [3.8, 4) is 0 Å². The van der Waals surface area contributed by atoms with Crippen molar-refractivity contribution in [3.05, 3.63) is 12.2 Å². The second-order valence-electron chi connectivity index (χ2n) is 2.96. The Morgan fingerprint density at radius 1 is 1.70 bits per heavy atom. The van der Waals surface area contributed by atoms with Gasteiger partial charge in [0.25, 0.3) is 0 Å². The van der Waals surface area contributed by atoms with Crippen molar-refractivity contribution in [2.45, 2.75) is 13.3 Å². The first-order valence-electron chi connectivity index (χ1n) is 3.58. The van der Waals surface area contributed by atoms with Gasteiger partial charge in [0, 0.05) is 25.4 Å². The van der Waals surface area contributed by atoms with Crippen molar-refractivity contribution >= 4 is 5.78 Å². The summed E-state index contributed by atoms with van der Waals surface area (Å²) in [6, 6.07) is 0. The summed E-state index contributed by atoms with van der Waals surface area (Å²) in [7, 11) is 0. The maximum absolute atomic E-state index is 11.1. The molecule has 0 saturated carbocycles. The van der Waals surface area contributed by atoms with Crippen molar-refractivity contribution in [2.24, 2.45) is 5.92 Å². The molecule has 0 aromatic heterocycles. The third-order valence-electron chi connectivity index (χ3n) is 1.71. The van der Waals surface area contributed by atoms with Gasteiger partial charge in [-0.25, -0.2) is 0 Å². The zero-order chi connectivity index (χ0) is 7.56. The van der Waals surface area contributed by atoms with E-state index in [2.05, 4.69) is 11.9 Å². The third-order valence-corrected chi connectivity index (χ3v) is 1.71. The first-order valence-corrected chi connectivity index (χ1v) is 3.58. The van der Waals surface area contributed by atoms with Crippen molar-refractivity contribution in [3.63, 3.8) is 0 Å². The number of hydrogen-bond donors (Lipinski definition) is 1. The molecule has 1 aliphatic rings. The summed E-state index contributed by atoms with van der Waals surface area (Å²) in [4.78, 5) is 11.1. The monoisotopic (exact) mass is 139 g/mol. The first-order chi connectivity index (χ1) is 4.70. The Morgan fingerprint density at radius 2 is 2.30 bits per heavy atom. The van der Waals surface area contributed by atoms with Crippen LogP contribution in [0.15, 0.2) is 12.2 Å². The van der Waals surface area contributed by atoms with Crippen LogP contribution in [0, 0.1) is 5.92 Å². The molecule has 0 aromatic rings. The van der Waals surface area contributed by atoms with Gasteiger partial charge >= 0.3 is 0 Å². The topological polar surface area (TPSA) is 29.1 Å². The van der Waals surface area contributed by atoms with Crippen molar-refractivity contribution in [2.75, 3.05) is 13.1 Å². The number of carbonyl (C=O) groups excluding carboxylic acids is 1. The predicted molar refractivity (Wildman–Crippen MR) is 40.8 cm³/mol. The number of rotatable bonds is 3. The predicted octanol–water partition coefficient (Wildman–Crippen LogP) is 0.741. The maximum Gasteiger partial charge on any atom is 0.142 e. The molecule has 0 atom stereocenters. The molecule has 0 aromatic carbocycles. The van der Waals surface area contributed by atoms with Gasteiger partial charge in [-0.1, -0.05) is 12.2 Å². The Kier molecular flexibility index (Phi) is 2.22. The summed E-state index contributed by atoms with van der Waals surface area (Å²) in [6.07, 6.45) is 0.562. The van der Waals surface area contributed by atoms with E-state index in [9.17, 15) is 4.79 Å². The van der Waals surface area contributed by atoms with Gasteiger partial charge in [0.15, 0.2) is 0 Å². The van der Waals surface area contributed by atoms with E-state index in [1.165, 1.54) is 0 Å². The minimum Gasteiger partial charge on any atom is -0.315 e. The molecule has 1 fully saturated rings. The lowest BCUT2D eigenvalue weighted by molar-refractivity contribution is -0.123. The summed E-state index contributed by atoms with van der Waals surface area (Å²) in [5, 5.41) is 3.06. The SMILES string of the molecule is C=C(C)CC(=O)C1CNC1. The molecule has 10 heavy (non-hydrogen) atoms. The van der Waals surface area contributed by atoms with Gasteiger partial charge in [-0.15, -0.1) is 0 Å². The molecule has 2 heteroatoms. The highest BCUT2D eigenvalue weighted by Gasteiger charge is 2.23. The Bertz CT molecular complexity index is 159. The summed E-state index contributed by atoms with van der Waals surface area (Å²) < 4.78 is 0. The van der Waals surface area contributed by atoms with E-state index in [0.717, 1.165) is 18.7 Å². The standard InChI is InChI=1S/C8H13NO/c1-6(2)3-8(10)7-4-9-5-7/h7,9H,1,3-5H2,2H3. The highest BCUT2D eigenvalue weighted by molar-refractivity contribution is 5.84. The largest absolute Gasteiger partial charge is 0.315 e. The molecule has 1 saturated heterocycles. The van der Waals surface area contributed by atoms with Crippen LogP contribution in [-0.2, 0) is 4.79 Å². The minimum absolute atomic E-state index is 0.275. The fourth-order valence-electron chi connectivity index (χ4n) is 0.958. The van der Waals surface area contributed by atoms with Crippen LogP contribution >= 0.6 is 0 Å². The smallest absolute Gasteiger partial charge is 0.142 e.